The summed E-state index contributed by atoms with van der Waals surface area (Å²) in [5.41, 5.74) is 6.91. The highest BCUT2D eigenvalue weighted by atomic mass is 16.5. The maximum Gasteiger partial charge on any atom is 0.118 e. The van der Waals surface area contributed by atoms with E-state index in [0.717, 1.165) is 25.1 Å². The number of nitrogens with two attached hydrogens (primary N) is 1. The van der Waals surface area contributed by atoms with Crippen LogP contribution in [0.1, 0.15) is 18.9 Å². The summed E-state index contributed by atoms with van der Waals surface area (Å²) in [7, 11) is 1.69. The third-order valence-electron chi connectivity index (χ3n) is 2.49. The van der Waals surface area contributed by atoms with E-state index in [1.54, 1.807) is 7.11 Å². The Morgan fingerprint density at radius 3 is 2.43 bits per heavy atom. The molecule has 0 saturated carbocycles. The molecule has 0 heterocycles. The van der Waals surface area contributed by atoms with Gasteiger partial charge in [-0.05, 0) is 43.0 Å². The second kappa shape index (κ2) is 5.66. The topological polar surface area (TPSA) is 35.2 Å². The number of benzene rings is 1. The molecular weight excluding hydrogens is 174 g/mol. The van der Waals surface area contributed by atoms with Gasteiger partial charge in [0.25, 0.3) is 0 Å². The van der Waals surface area contributed by atoms with Crippen molar-refractivity contribution in [3.8, 4) is 5.75 Å². The van der Waals surface area contributed by atoms with Gasteiger partial charge >= 0.3 is 0 Å². The van der Waals surface area contributed by atoms with Gasteiger partial charge in [0.2, 0.25) is 0 Å². The van der Waals surface area contributed by atoms with E-state index in [1.807, 2.05) is 12.1 Å². The second-order valence-corrected chi connectivity index (χ2v) is 3.73. The summed E-state index contributed by atoms with van der Waals surface area (Å²) in [4.78, 5) is 0. The standard InChI is InChI=1S/C12H19NO/c1-10(9-13)3-4-11-5-7-12(14-2)8-6-11/h5-8,10H,3-4,9,13H2,1-2H3. The average molecular weight is 193 g/mol. The quantitative estimate of drug-likeness (QED) is 0.778. The predicted octanol–water partition coefficient (Wildman–Crippen LogP) is 2.22. The Hall–Kier alpha value is -1.02. The molecule has 78 valence electrons. The molecule has 0 aromatic heterocycles. The maximum absolute atomic E-state index is 5.56. The molecule has 1 atom stereocenters. The van der Waals surface area contributed by atoms with Gasteiger partial charge in [0.1, 0.15) is 5.75 Å². The third-order valence-corrected chi connectivity index (χ3v) is 2.49. The SMILES string of the molecule is COc1ccc(CCC(C)CN)cc1. The third kappa shape index (κ3) is 3.38. The fraction of sp³-hybridized carbons (Fsp3) is 0.500. The highest BCUT2D eigenvalue weighted by Crippen LogP contribution is 2.14. The molecular formula is C12H19NO. The molecule has 2 heteroatoms. The molecule has 1 aromatic rings. The molecule has 0 spiro atoms. The van der Waals surface area contributed by atoms with Crippen molar-refractivity contribution in [1.29, 1.82) is 0 Å². The van der Waals surface area contributed by atoms with E-state index in [1.165, 1.54) is 5.56 Å². The molecule has 0 amide bonds. The first-order chi connectivity index (χ1) is 6.76. The Balaban J connectivity index is 2.43. The number of aryl methyl sites for hydroxylation is 1. The largest absolute Gasteiger partial charge is 0.497 e. The van der Waals surface area contributed by atoms with Crippen molar-refractivity contribution in [1.82, 2.24) is 0 Å². The zero-order valence-electron chi connectivity index (χ0n) is 8.99. The van der Waals surface area contributed by atoms with Crippen LogP contribution in [-0.4, -0.2) is 13.7 Å². The maximum atomic E-state index is 5.56. The highest BCUT2D eigenvalue weighted by Gasteiger charge is 2.00. The Kier molecular flexibility index (Phi) is 4.47. The van der Waals surface area contributed by atoms with Gasteiger partial charge in [0, 0.05) is 0 Å². The normalized spacial score (nSPS) is 12.5. The van der Waals surface area contributed by atoms with Crippen LogP contribution in [0, 0.1) is 5.92 Å². The van der Waals surface area contributed by atoms with Gasteiger partial charge in [-0.1, -0.05) is 19.1 Å². The molecule has 1 unspecified atom stereocenters. The van der Waals surface area contributed by atoms with Crippen LogP contribution in [0.4, 0.5) is 0 Å². The number of methoxy groups -OCH3 is 1. The van der Waals surface area contributed by atoms with E-state index in [4.69, 9.17) is 10.5 Å². The van der Waals surface area contributed by atoms with Gasteiger partial charge in [0.05, 0.1) is 7.11 Å². The summed E-state index contributed by atoms with van der Waals surface area (Å²) >= 11 is 0. The molecule has 1 aromatic carbocycles. The van der Waals surface area contributed by atoms with Crippen molar-refractivity contribution in [3.63, 3.8) is 0 Å². The van der Waals surface area contributed by atoms with Crippen molar-refractivity contribution in [2.75, 3.05) is 13.7 Å². The Morgan fingerprint density at radius 2 is 1.93 bits per heavy atom. The lowest BCUT2D eigenvalue weighted by Gasteiger charge is -2.08. The van der Waals surface area contributed by atoms with Crippen LogP contribution in [0.15, 0.2) is 24.3 Å². The molecule has 0 aliphatic carbocycles. The van der Waals surface area contributed by atoms with Gasteiger partial charge < -0.3 is 10.5 Å². The zero-order valence-corrected chi connectivity index (χ0v) is 8.99. The van der Waals surface area contributed by atoms with Crippen molar-refractivity contribution < 1.29 is 4.74 Å². The molecule has 0 radical (unpaired) electrons. The zero-order chi connectivity index (χ0) is 10.4. The number of ether oxygens (including phenoxy) is 1. The first-order valence-corrected chi connectivity index (χ1v) is 5.09. The summed E-state index contributed by atoms with van der Waals surface area (Å²) in [6.07, 6.45) is 2.26. The first kappa shape index (κ1) is 11.1. The van der Waals surface area contributed by atoms with E-state index in [-0.39, 0.29) is 0 Å². The highest BCUT2D eigenvalue weighted by molar-refractivity contribution is 5.27. The minimum atomic E-state index is 0.608. The van der Waals surface area contributed by atoms with Crippen LogP contribution in [0.5, 0.6) is 5.75 Å². The molecule has 0 aliphatic rings. The molecule has 1 rings (SSSR count). The molecule has 2 nitrogen and oxygen atoms in total. The van der Waals surface area contributed by atoms with Crippen LogP contribution in [-0.2, 0) is 6.42 Å². The molecule has 0 aliphatic heterocycles. The average Bonchev–Trinajstić information content (AvgIpc) is 2.26. The monoisotopic (exact) mass is 193 g/mol. The lowest BCUT2D eigenvalue weighted by molar-refractivity contribution is 0.414. The van der Waals surface area contributed by atoms with Crippen LogP contribution in [0.25, 0.3) is 0 Å². The minimum Gasteiger partial charge on any atom is -0.497 e. The molecule has 14 heavy (non-hydrogen) atoms. The van der Waals surface area contributed by atoms with E-state index >= 15 is 0 Å². The summed E-state index contributed by atoms with van der Waals surface area (Å²) in [6.45, 7) is 2.96. The van der Waals surface area contributed by atoms with E-state index in [2.05, 4.69) is 19.1 Å². The molecule has 0 bridgehead atoms. The molecule has 2 N–H and O–H groups in total. The fourth-order valence-electron chi connectivity index (χ4n) is 1.32. The van der Waals surface area contributed by atoms with Crippen LogP contribution >= 0.6 is 0 Å². The van der Waals surface area contributed by atoms with E-state index < -0.39 is 0 Å². The predicted molar refractivity (Wildman–Crippen MR) is 59.5 cm³/mol. The molecule has 0 fully saturated rings. The minimum absolute atomic E-state index is 0.608. The van der Waals surface area contributed by atoms with Gasteiger partial charge in [-0.2, -0.15) is 0 Å². The lowest BCUT2D eigenvalue weighted by Crippen LogP contribution is -2.11. The van der Waals surface area contributed by atoms with Crippen LogP contribution in [0.3, 0.4) is 0 Å². The fourth-order valence-corrected chi connectivity index (χ4v) is 1.32. The van der Waals surface area contributed by atoms with E-state index in [0.29, 0.717) is 5.92 Å². The number of hydrogen-bond donors (Lipinski definition) is 1. The van der Waals surface area contributed by atoms with Crippen LogP contribution < -0.4 is 10.5 Å². The van der Waals surface area contributed by atoms with Gasteiger partial charge in [-0.15, -0.1) is 0 Å². The van der Waals surface area contributed by atoms with Crippen LogP contribution in [0.2, 0.25) is 0 Å². The Labute approximate surface area is 86.1 Å². The summed E-state index contributed by atoms with van der Waals surface area (Å²) < 4.78 is 5.10. The van der Waals surface area contributed by atoms with Crippen molar-refractivity contribution >= 4 is 0 Å². The number of rotatable bonds is 5. The van der Waals surface area contributed by atoms with Crippen molar-refractivity contribution in [3.05, 3.63) is 29.8 Å². The lowest BCUT2D eigenvalue weighted by atomic mass is 10.0. The van der Waals surface area contributed by atoms with Gasteiger partial charge in [0.15, 0.2) is 0 Å². The first-order valence-electron chi connectivity index (χ1n) is 5.09. The van der Waals surface area contributed by atoms with E-state index in [9.17, 15) is 0 Å². The van der Waals surface area contributed by atoms with Crippen molar-refractivity contribution in [2.45, 2.75) is 19.8 Å². The molecule has 0 saturated heterocycles. The van der Waals surface area contributed by atoms with Crippen molar-refractivity contribution in [2.24, 2.45) is 11.7 Å². The summed E-state index contributed by atoms with van der Waals surface area (Å²) in [5, 5.41) is 0. The number of hydrogen-bond acceptors (Lipinski definition) is 2. The second-order valence-electron chi connectivity index (χ2n) is 3.73. The van der Waals surface area contributed by atoms with Gasteiger partial charge in [-0.3, -0.25) is 0 Å². The Bertz CT molecular complexity index is 256. The summed E-state index contributed by atoms with van der Waals surface area (Å²) in [5.74, 6) is 1.53. The Morgan fingerprint density at radius 1 is 1.29 bits per heavy atom. The summed E-state index contributed by atoms with van der Waals surface area (Å²) in [6, 6.07) is 8.23. The van der Waals surface area contributed by atoms with Gasteiger partial charge in [-0.25, -0.2) is 0 Å². The smallest absolute Gasteiger partial charge is 0.118 e.